The van der Waals surface area contributed by atoms with Gasteiger partial charge in [-0.3, -0.25) is 4.79 Å². The van der Waals surface area contributed by atoms with Crippen molar-refractivity contribution in [1.82, 2.24) is 16.0 Å². The molecule has 0 heterocycles. The molecule has 0 spiro atoms. The van der Waals surface area contributed by atoms with Crippen LogP contribution in [0.5, 0.6) is 11.5 Å². The largest absolute Gasteiger partial charge is 0.493 e. The molecule has 0 aromatic heterocycles. The Bertz CT molecular complexity index is 841. The minimum atomic E-state index is -0.313. The normalized spacial score (nSPS) is 11.0. The van der Waals surface area contributed by atoms with Gasteiger partial charge in [0.25, 0.3) is 0 Å². The van der Waals surface area contributed by atoms with Crippen LogP contribution in [0.3, 0.4) is 0 Å². The molecule has 0 saturated heterocycles. The molecular weight excluding hydrogens is 387 g/mol. The van der Waals surface area contributed by atoms with Crippen molar-refractivity contribution < 1.29 is 18.7 Å². The molecule has 0 fully saturated rings. The van der Waals surface area contributed by atoms with Gasteiger partial charge in [0.1, 0.15) is 5.82 Å². The van der Waals surface area contributed by atoms with Crippen LogP contribution >= 0.6 is 0 Å². The molecular formula is C22H29FN4O3. The first kappa shape index (κ1) is 23.0. The Hall–Kier alpha value is -3.29. The van der Waals surface area contributed by atoms with Crippen LogP contribution in [0.4, 0.5) is 4.39 Å². The predicted molar refractivity (Wildman–Crippen MR) is 115 cm³/mol. The van der Waals surface area contributed by atoms with E-state index in [0.29, 0.717) is 43.6 Å². The van der Waals surface area contributed by atoms with Gasteiger partial charge < -0.3 is 25.4 Å². The number of amides is 1. The summed E-state index contributed by atoms with van der Waals surface area (Å²) in [6, 6.07) is 11.6. The second-order valence-electron chi connectivity index (χ2n) is 6.46. The third-order valence-electron chi connectivity index (χ3n) is 4.23. The van der Waals surface area contributed by atoms with Gasteiger partial charge >= 0.3 is 0 Å². The van der Waals surface area contributed by atoms with Crippen LogP contribution < -0.4 is 25.4 Å². The second kappa shape index (κ2) is 12.3. The van der Waals surface area contributed by atoms with E-state index in [2.05, 4.69) is 20.9 Å². The number of hydrogen-bond acceptors (Lipinski definition) is 4. The molecule has 0 saturated carbocycles. The number of nitrogens with one attached hydrogen (secondary N) is 3. The van der Waals surface area contributed by atoms with E-state index in [1.54, 1.807) is 26.4 Å². The minimum Gasteiger partial charge on any atom is -0.493 e. The molecule has 162 valence electrons. The summed E-state index contributed by atoms with van der Waals surface area (Å²) in [4.78, 5) is 16.5. The van der Waals surface area contributed by atoms with Gasteiger partial charge in [0.15, 0.2) is 17.5 Å². The number of guanidine groups is 1. The topological polar surface area (TPSA) is 84.0 Å². The molecule has 30 heavy (non-hydrogen) atoms. The zero-order chi connectivity index (χ0) is 21.8. The maximum atomic E-state index is 12.9. The highest BCUT2D eigenvalue weighted by Gasteiger charge is 2.06. The quantitative estimate of drug-likeness (QED) is 0.314. The lowest BCUT2D eigenvalue weighted by molar-refractivity contribution is -0.120. The predicted octanol–water partition coefficient (Wildman–Crippen LogP) is 2.26. The third-order valence-corrected chi connectivity index (χ3v) is 4.23. The Labute approximate surface area is 176 Å². The first-order valence-electron chi connectivity index (χ1n) is 9.80. The van der Waals surface area contributed by atoms with E-state index in [-0.39, 0.29) is 18.1 Å². The average Bonchev–Trinajstić information content (AvgIpc) is 2.76. The molecule has 2 rings (SSSR count). The fourth-order valence-electron chi connectivity index (χ4n) is 2.72. The van der Waals surface area contributed by atoms with Crippen molar-refractivity contribution in [1.29, 1.82) is 0 Å². The van der Waals surface area contributed by atoms with Crippen molar-refractivity contribution >= 4 is 11.9 Å². The molecule has 0 unspecified atom stereocenters. The molecule has 8 heteroatoms. The fraction of sp³-hybridized carbons (Fsp3) is 0.364. The standard InChI is InChI=1S/C22H29FN4O3/c1-4-24-22(27-15-17-7-10-19(29-2)20(13-17)30-3)26-12-11-25-21(28)14-16-5-8-18(23)9-6-16/h5-10,13H,4,11-12,14-15H2,1-3H3,(H,25,28)(H2,24,26,27). The van der Waals surface area contributed by atoms with Gasteiger partial charge in [-0.25, -0.2) is 9.38 Å². The Kier molecular flexibility index (Phi) is 9.44. The van der Waals surface area contributed by atoms with E-state index in [9.17, 15) is 9.18 Å². The van der Waals surface area contributed by atoms with E-state index in [1.807, 2.05) is 25.1 Å². The van der Waals surface area contributed by atoms with Crippen molar-refractivity contribution in [3.05, 3.63) is 59.4 Å². The van der Waals surface area contributed by atoms with E-state index < -0.39 is 0 Å². The van der Waals surface area contributed by atoms with Crippen LogP contribution in [-0.4, -0.2) is 45.7 Å². The molecule has 2 aromatic rings. The first-order chi connectivity index (χ1) is 14.5. The van der Waals surface area contributed by atoms with Gasteiger partial charge in [0.2, 0.25) is 5.91 Å². The number of halogens is 1. The lowest BCUT2D eigenvalue weighted by Crippen LogP contribution is -2.41. The number of carbonyl (C=O) groups is 1. The molecule has 0 aliphatic carbocycles. The van der Waals surface area contributed by atoms with Gasteiger partial charge in [-0.1, -0.05) is 18.2 Å². The Morgan fingerprint density at radius 3 is 2.27 bits per heavy atom. The number of benzene rings is 2. The van der Waals surface area contributed by atoms with Crippen molar-refractivity contribution in [2.75, 3.05) is 33.9 Å². The third kappa shape index (κ3) is 7.62. The van der Waals surface area contributed by atoms with E-state index in [1.165, 1.54) is 12.1 Å². The average molecular weight is 416 g/mol. The summed E-state index contributed by atoms with van der Waals surface area (Å²) in [6.45, 7) is 4.13. The monoisotopic (exact) mass is 416 g/mol. The highest BCUT2D eigenvalue weighted by Crippen LogP contribution is 2.27. The Morgan fingerprint density at radius 1 is 0.933 bits per heavy atom. The number of methoxy groups -OCH3 is 2. The molecule has 0 aliphatic heterocycles. The molecule has 0 bridgehead atoms. The van der Waals surface area contributed by atoms with Crippen molar-refractivity contribution in [3.8, 4) is 11.5 Å². The summed E-state index contributed by atoms with van der Waals surface area (Å²) < 4.78 is 23.5. The minimum absolute atomic E-state index is 0.115. The number of aliphatic imine (C=N–C) groups is 1. The van der Waals surface area contributed by atoms with Crippen LogP contribution in [0.15, 0.2) is 47.5 Å². The molecule has 0 atom stereocenters. The fourth-order valence-corrected chi connectivity index (χ4v) is 2.72. The maximum absolute atomic E-state index is 12.9. The van der Waals surface area contributed by atoms with Crippen LogP contribution in [-0.2, 0) is 17.8 Å². The lowest BCUT2D eigenvalue weighted by atomic mass is 10.1. The molecule has 7 nitrogen and oxygen atoms in total. The molecule has 0 radical (unpaired) electrons. The Morgan fingerprint density at radius 2 is 1.60 bits per heavy atom. The highest BCUT2D eigenvalue weighted by atomic mass is 19.1. The van der Waals surface area contributed by atoms with Crippen LogP contribution in [0.1, 0.15) is 18.1 Å². The zero-order valence-corrected chi connectivity index (χ0v) is 17.6. The van der Waals surface area contributed by atoms with Gasteiger partial charge in [0.05, 0.1) is 27.2 Å². The summed E-state index contributed by atoms with van der Waals surface area (Å²) in [7, 11) is 3.20. The van der Waals surface area contributed by atoms with Gasteiger partial charge in [-0.05, 0) is 42.3 Å². The van der Waals surface area contributed by atoms with E-state index in [4.69, 9.17) is 9.47 Å². The number of ether oxygens (including phenoxy) is 2. The Balaban J connectivity index is 1.80. The molecule has 2 aromatic carbocycles. The smallest absolute Gasteiger partial charge is 0.224 e. The van der Waals surface area contributed by atoms with Gasteiger partial charge in [-0.2, -0.15) is 0 Å². The number of hydrogen-bond donors (Lipinski definition) is 3. The first-order valence-corrected chi connectivity index (χ1v) is 9.80. The maximum Gasteiger partial charge on any atom is 0.224 e. The van der Waals surface area contributed by atoms with Crippen LogP contribution in [0, 0.1) is 5.82 Å². The number of rotatable bonds is 10. The summed E-state index contributed by atoms with van der Waals surface area (Å²) in [5, 5.41) is 9.20. The molecule has 0 aliphatic rings. The van der Waals surface area contributed by atoms with Gasteiger partial charge in [-0.15, -0.1) is 0 Å². The summed E-state index contributed by atoms with van der Waals surface area (Å²) in [5.41, 5.74) is 1.75. The molecule has 3 N–H and O–H groups in total. The van der Waals surface area contributed by atoms with Crippen molar-refractivity contribution in [2.45, 2.75) is 19.9 Å². The van der Waals surface area contributed by atoms with Crippen molar-refractivity contribution in [3.63, 3.8) is 0 Å². The highest BCUT2D eigenvalue weighted by molar-refractivity contribution is 5.80. The van der Waals surface area contributed by atoms with Crippen LogP contribution in [0.2, 0.25) is 0 Å². The number of carbonyl (C=O) groups excluding carboxylic acids is 1. The summed E-state index contributed by atoms with van der Waals surface area (Å²) in [6.07, 6.45) is 0.216. The van der Waals surface area contributed by atoms with Crippen molar-refractivity contribution in [2.24, 2.45) is 4.99 Å². The van der Waals surface area contributed by atoms with Gasteiger partial charge in [0, 0.05) is 19.6 Å². The zero-order valence-electron chi connectivity index (χ0n) is 17.6. The summed E-state index contributed by atoms with van der Waals surface area (Å²) >= 11 is 0. The van der Waals surface area contributed by atoms with E-state index in [0.717, 1.165) is 11.1 Å². The molecule has 1 amide bonds. The summed E-state index contributed by atoms with van der Waals surface area (Å²) in [5.74, 6) is 1.56. The number of nitrogens with zero attached hydrogens (tertiary/aromatic N) is 1. The van der Waals surface area contributed by atoms with Crippen LogP contribution in [0.25, 0.3) is 0 Å². The lowest BCUT2D eigenvalue weighted by Gasteiger charge is -2.12. The SMILES string of the molecule is CCNC(=NCc1ccc(OC)c(OC)c1)NCCNC(=O)Cc1ccc(F)cc1. The second-order valence-corrected chi connectivity index (χ2v) is 6.46. The van der Waals surface area contributed by atoms with E-state index >= 15 is 0 Å².